The van der Waals surface area contributed by atoms with E-state index < -0.39 is 0 Å². The number of methoxy groups -OCH3 is 1. The molecule has 7 heteroatoms. The third-order valence-corrected chi connectivity index (χ3v) is 4.05. The molecular weight excluding hydrogens is 308 g/mol. The average Bonchev–Trinajstić information content (AvgIpc) is 3.10. The second-order valence-electron chi connectivity index (χ2n) is 5.66. The van der Waals surface area contributed by atoms with Gasteiger partial charge in [0.25, 0.3) is 5.91 Å². The van der Waals surface area contributed by atoms with Crippen LogP contribution in [0.4, 0.5) is 0 Å². The van der Waals surface area contributed by atoms with Crippen molar-refractivity contribution in [3.63, 3.8) is 0 Å². The molecule has 0 aromatic carbocycles. The van der Waals surface area contributed by atoms with Crippen LogP contribution >= 0.6 is 0 Å². The Morgan fingerprint density at radius 3 is 2.96 bits per heavy atom. The lowest BCUT2D eigenvalue weighted by Gasteiger charge is -2.28. The molecule has 0 atom stereocenters. The number of hydrogen-bond donors (Lipinski definition) is 0. The zero-order valence-corrected chi connectivity index (χ0v) is 14.1. The lowest BCUT2D eigenvalue weighted by molar-refractivity contribution is 0.0733. The largest absolute Gasteiger partial charge is 0.475 e. The van der Waals surface area contributed by atoms with Crippen LogP contribution in [0, 0.1) is 0 Å². The van der Waals surface area contributed by atoms with Crippen LogP contribution in [0.1, 0.15) is 28.5 Å². The monoisotopic (exact) mass is 330 g/mol. The molecule has 128 valence electrons. The lowest BCUT2D eigenvalue weighted by atomic mass is 10.1. The second-order valence-corrected chi connectivity index (χ2v) is 5.66. The van der Waals surface area contributed by atoms with E-state index in [4.69, 9.17) is 9.47 Å². The molecule has 0 saturated carbocycles. The zero-order valence-electron chi connectivity index (χ0n) is 14.1. The summed E-state index contributed by atoms with van der Waals surface area (Å²) in [7, 11) is 1.64. The summed E-state index contributed by atoms with van der Waals surface area (Å²) >= 11 is 0. The topological polar surface area (TPSA) is 69.5 Å². The van der Waals surface area contributed by atoms with Gasteiger partial charge in [-0.2, -0.15) is 5.10 Å². The van der Waals surface area contributed by atoms with Crippen molar-refractivity contribution in [2.24, 2.45) is 0 Å². The minimum Gasteiger partial charge on any atom is -0.475 e. The van der Waals surface area contributed by atoms with Crippen LogP contribution in [0.25, 0.3) is 0 Å². The molecule has 1 amide bonds. The number of hydrogen-bond acceptors (Lipinski definition) is 5. The molecule has 0 aliphatic carbocycles. The molecule has 0 spiro atoms. The van der Waals surface area contributed by atoms with Crippen molar-refractivity contribution in [2.75, 3.05) is 26.9 Å². The van der Waals surface area contributed by atoms with E-state index >= 15 is 0 Å². The smallest absolute Gasteiger partial charge is 0.257 e. The SMILES string of the molecule is CCn1cc(C(=O)N2CCc3nc(OCCOC)ccc3C2)cn1. The molecule has 2 aromatic rings. The Bertz CT molecular complexity index is 714. The fourth-order valence-corrected chi connectivity index (χ4v) is 2.71. The van der Waals surface area contributed by atoms with E-state index in [2.05, 4.69) is 10.1 Å². The van der Waals surface area contributed by atoms with Crippen molar-refractivity contribution in [3.05, 3.63) is 41.3 Å². The number of carbonyl (C=O) groups excluding carboxylic acids is 1. The average molecular weight is 330 g/mol. The van der Waals surface area contributed by atoms with Crippen LogP contribution in [0.5, 0.6) is 5.88 Å². The fourth-order valence-electron chi connectivity index (χ4n) is 2.71. The molecule has 0 saturated heterocycles. The first kappa shape index (κ1) is 16.4. The predicted molar refractivity (Wildman–Crippen MR) is 88.0 cm³/mol. The van der Waals surface area contributed by atoms with Crippen molar-refractivity contribution in [2.45, 2.75) is 26.4 Å². The van der Waals surface area contributed by atoms with Crippen LogP contribution in [0.15, 0.2) is 24.5 Å². The van der Waals surface area contributed by atoms with Crippen molar-refractivity contribution in [3.8, 4) is 5.88 Å². The number of rotatable bonds is 6. The molecule has 0 bridgehead atoms. The van der Waals surface area contributed by atoms with E-state index in [0.29, 0.717) is 37.7 Å². The van der Waals surface area contributed by atoms with Gasteiger partial charge < -0.3 is 14.4 Å². The van der Waals surface area contributed by atoms with Gasteiger partial charge in [-0.3, -0.25) is 9.48 Å². The number of nitrogens with zero attached hydrogens (tertiary/aromatic N) is 4. The minimum atomic E-state index is 0.0146. The van der Waals surface area contributed by atoms with Gasteiger partial charge >= 0.3 is 0 Å². The molecule has 0 N–H and O–H groups in total. The molecule has 0 radical (unpaired) electrons. The van der Waals surface area contributed by atoms with Gasteiger partial charge in [0, 0.05) is 45.4 Å². The number of pyridine rings is 1. The maximum atomic E-state index is 12.6. The molecule has 0 fully saturated rings. The maximum Gasteiger partial charge on any atom is 0.257 e. The Labute approximate surface area is 141 Å². The van der Waals surface area contributed by atoms with Gasteiger partial charge in [-0.1, -0.05) is 6.07 Å². The van der Waals surface area contributed by atoms with Crippen LogP contribution < -0.4 is 4.74 Å². The molecule has 3 rings (SSSR count). The van der Waals surface area contributed by atoms with Gasteiger partial charge in [0.1, 0.15) is 6.61 Å². The normalized spacial score (nSPS) is 13.7. The Hall–Kier alpha value is -2.41. The Kier molecular flexibility index (Phi) is 5.10. The number of aromatic nitrogens is 3. The van der Waals surface area contributed by atoms with E-state index in [9.17, 15) is 4.79 Å². The molecule has 0 unspecified atom stereocenters. The maximum absolute atomic E-state index is 12.6. The summed E-state index contributed by atoms with van der Waals surface area (Å²) in [6.07, 6.45) is 4.15. The highest BCUT2D eigenvalue weighted by Gasteiger charge is 2.23. The lowest BCUT2D eigenvalue weighted by Crippen LogP contribution is -2.36. The summed E-state index contributed by atoms with van der Waals surface area (Å²) in [4.78, 5) is 19.0. The first-order valence-electron chi connectivity index (χ1n) is 8.13. The Morgan fingerprint density at radius 2 is 2.21 bits per heavy atom. The summed E-state index contributed by atoms with van der Waals surface area (Å²) in [6.45, 7) is 4.98. The molecule has 1 aliphatic heterocycles. The molecular formula is C17H22N4O3. The van der Waals surface area contributed by atoms with E-state index in [1.807, 2.05) is 24.0 Å². The highest BCUT2D eigenvalue weighted by atomic mass is 16.5. The van der Waals surface area contributed by atoms with Crippen LogP contribution in [-0.4, -0.2) is 52.4 Å². The first-order valence-corrected chi connectivity index (χ1v) is 8.13. The number of fused-ring (bicyclic) bond motifs is 1. The van der Waals surface area contributed by atoms with E-state index in [0.717, 1.165) is 24.2 Å². The van der Waals surface area contributed by atoms with Gasteiger partial charge in [-0.25, -0.2) is 4.98 Å². The van der Waals surface area contributed by atoms with Gasteiger partial charge in [-0.05, 0) is 12.5 Å². The number of aryl methyl sites for hydroxylation is 1. The molecule has 1 aliphatic rings. The van der Waals surface area contributed by atoms with Crippen molar-refractivity contribution in [1.82, 2.24) is 19.7 Å². The minimum absolute atomic E-state index is 0.0146. The van der Waals surface area contributed by atoms with Crippen LogP contribution in [-0.2, 0) is 24.2 Å². The van der Waals surface area contributed by atoms with Crippen molar-refractivity contribution < 1.29 is 14.3 Å². The van der Waals surface area contributed by atoms with Crippen LogP contribution in [0.2, 0.25) is 0 Å². The first-order chi connectivity index (χ1) is 11.7. The quantitative estimate of drug-likeness (QED) is 0.751. The molecule has 3 heterocycles. The molecule has 24 heavy (non-hydrogen) atoms. The summed E-state index contributed by atoms with van der Waals surface area (Å²) in [5, 5.41) is 4.17. The Balaban J connectivity index is 1.67. The zero-order chi connectivity index (χ0) is 16.9. The third-order valence-electron chi connectivity index (χ3n) is 4.05. The fraction of sp³-hybridized carbons (Fsp3) is 0.471. The summed E-state index contributed by atoms with van der Waals surface area (Å²) in [5.41, 5.74) is 2.70. The van der Waals surface area contributed by atoms with Gasteiger partial charge in [-0.15, -0.1) is 0 Å². The molecule has 2 aromatic heterocycles. The highest BCUT2D eigenvalue weighted by molar-refractivity contribution is 5.93. The number of carbonyl (C=O) groups is 1. The van der Waals surface area contributed by atoms with Gasteiger partial charge in [0.2, 0.25) is 5.88 Å². The van der Waals surface area contributed by atoms with E-state index in [-0.39, 0.29) is 5.91 Å². The van der Waals surface area contributed by atoms with E-state index in [1.165, 1.54) is 0 Å². The highest BCUT2D eigenvalue weighted by Crippen LogP contribution is 2.21. The third kappa shape index (κ3) is 3.56. The van der Waals surface area contributed by atoms with E-state index in [1.54, 1.807) is 24.2 Å². The summed E-state index contributed by atoms with van der Waals surface area (Å²) in [5.74, 6) is 0.621. The number of amides is 1. The standard InChI is InChI=1S/C17H22N4O3/c1-3-21-12-14(10-18-21)17(22)20-7-6-15-13(11-20)4-5-16(19-15)24-9-8-23-2/h4-5,10,12H,3,6-9,11H2,1-2H3. The summed E-state index contributed by atoms with van der Waals surface area (Å²) < 4.78 is 12.3. The number of ether oxygens (including phenoxy) is 2. The molecule has 7 nitrogen and oxygen atoms in total. The predicted octanol–water partition coefficient (Wildman–Crippen LogP) is 1.52. The van der Waals surface area contributed by atoms with Crippen molar-refractivity contribution >= 4 is 5.91 Å². The van der Waals surface area contributed by atoms with Crippen molar-refractivity contribution in [1.29, 1.82) is 0 Å². The Morgan fingerprint density at radius 1 is 1.33 bits per heavy atom. The summed E-state index contributed by atoms with van der Waals surface area (Å²) in [6, 6.07) is 3.83. The van der Waals surface area contributed by atoms with Gasteiger partial charge in [0.05, 0.1) is 24.1 Å². The second kappa shape index (κ2) is 7.44. The van der Waals surface area contributed by atoms with Gasteiger partial charge in [0.15, 0.2) is 0 Å². The van der Waals surface area contributed by atoms with Crippen LogP contribution in [0.3, 0.4) is 0 Å².